The van der Waals surface area contributed by atoms with Gasteiger partial charge in [-0.05, 0) is 38.0 Å². The van der Waals surface area contributed by atoms with Crippen molar-refractivity contribution in [1.29, 1.82) is 0 Å². The summed E-state index contributed by atoms with van der Waals surface area (Å²) in [5, 5.41) is 22.2. The molecular weight excluding hydrogens is 260 g/mol. The molecule has 0 spiro atoms. The van der Waals surface area contributed by atoms with Crippen LogP contribution in [-0.4, -0.2) is 31.9 Å². The number of aryl methyl sites for hydroxylation is 2. The zero-order valence-corrected chi connectivity index (χ0v) is 11.3. The molecule has 0 aliphatic rings. The van der Waals surface area contributed by atoms with Gasteiger partial charge in [0.15, 0.2) is 5.69 Å². The maximum atomic E-state index is 11.2. The Bertz CT molecular complexity index is 716. The van der Waals surface area contributed by atoms with Crippen molar-refractivity contribution in [2.45, 2.75) is 20.8 Å². The molecule has 6 heteroatoms. The van der Waals surface area contributed by atoms with Crippen LogP contribution in [0.25, 0.3) is 5.69 Å². The van der Waals surface area contributed by atoms with Crippen molar-refractivity contribution in [3.8, 4) is 5.69 Å². The second kappa shape index (κ2) is 4.80. The Morgan fingerprint density at radius 1 is 1.10 bits per heavy atom. The monoisotopic (exact) mass is 274 g/mol. The summed E-state index contributed by atoms with van der Waals surface area (Å²) in [6.07, 6.45) is 0. The van der Waals surface area contributed by atoms with Crippen molar-refractivity contribution >= 4 is 11.9 Å². The second-order valence-corrected chi connectivity index (χ2v) is 4.62. The van der Waals surface area contributed by atoms with E-state index in [1.54, 1.807) is 6.92 Å². The van der Waals surface area contributed by atoms with E-state index in [4.69, 9.17) is 10.2 Å². The Morgan fingerprint density at radius 3 is 2.25 bits per heavy atom. The van der Waals surface area contributed by atoms with Crippen LogP contribution in [0.2, 0.25) is 0 Å². The molecule has 0 aliphatic heterocycles. The Hall–Kier alpha value is -2.63. The van der Waals surface area contributed by atoms with E-state index in [-0.39, 0.29) is 5.56 Å². The van der Waals surface area contributed by atoms with Gasteiger partial charge in [0.1, 0.15) is 5.56 Å². The summed E-state index contributed by atoms with van der Waals surface area (Å²) in [4.78, 5) is 22.4. The average Bonchev–Trinajstić information content (AvgIpc) is 2.70. The molecule has 0 atom stereocenters. The minimum absolute atomic E-state index is 0.279. The fourth-order valence-electron chi connectivity index (χ4n) is 2.09. The lowest BCUT2D eigenvalue weighted by Crippen LogP contribution is -2.07. The topological polar surface area (TPSA) is 92.4 Å². The number of carboxylic acids is 2. The molecule has 0 saturated carbocycles. The molecule has 20 heavy (non-hydrogen) atoms. The molecule has 2 rings (SSSR count). The highest BCUT2D eigenvalue weighted by Gasteiger charge is 2.26. The SMILES string of the molecule is Cc1ccc(C)c(-n2nc(C(=O)O)c(C(=O)O)c2C)c1. The predicted molar refractivity (Wildman–Crippen MR) is 71.7 cm³/mol. The molecule has 2 N–H and O–H groups in total. The minimum Gasteiger partial charge on any atom is -0.478 e. The van der Waals surface area contributed by atoms with Gasteiger partial charge in [-0.25, -0.2) is 14.3 Å². The second-order valence-electron chi connectivity index (χ2n) is 4.62. The van der Waals surface area contributed by atoms with E-state index < -0.39 is 17.6 Å². The van der Waals surface area contributed by atoms with Gasteiger partial charge in [-0.3, -0.25) is 0 Å². The van der Waals surface area contributed by atoms with Crippen LogP contribution in [0.3, 0.4) is 0 Å². The highest BCUT2D eigenvalue weighted by atomic mass is 16.4. The van der Waals surface area contributed by atoms with Gasteiger partial charge in [0, 0.05) is 0 Å². The van der Waals surface area contributed by atoms with Gasteiger partial charge in [-0.2, -0.15) is 5.10 Å². The van der Waals surface area contributed by atoms with Gasteiger partial charge in [0.2, 0.25) is 0 Å². The molecule has 0 fully saturated rings. The zero-order valence-electron chi connectivity index (χ0n) is 11.3. The van der Waals surface area contributed by atoms with Crippen LogP contribution in [0.5, 0.6) is 0 Å². The molecule has 0 aliphatic carbocycles. The first-order valence-corrected chi connectivity index (χ1v) is 5.96. The molecule has 0 radical (unpaired) electrons. The number of carboxylic acid groups (broad SMARTS) is 2. The fourth-order valence-corrected chi connectivity index (χ4v) is 2.09. The maximum absolute atomic E-state index is 11.2. The zero-order chi connectivity index (χ0) is 15.0. The van der Waals surface area contributed by atoms with E-state index in [1.807, 2.05) is 32.0 Å². The number of aromatic carboxylic acids is 2. The molecule has 1 aromatic carbocycles. The first kappa shape index (κ1) is 13.8. The van der Waals surface area contributed by atoms with Gasteiger partial charge in [-0.1, -0.05) is 12.1 Å². The predicted octanol–water partition coefficient (Wildman–Crippen LogP) is 2.19. The number of carbonyl (C=O) groups is 2. The van der Waals surface area contributed by atoms with Crippen molar-refractivity contribution in [2.75, 3.05) is 0 Å². The lowest BCUT2D eigenvalue weighted by molar-refractivity contribution is 0.0648. The van der Waals surface area contributed by atoms with Crippen LogP contribution in [0, 0.1) is 20.8 Å². The number of rotatable bonds is 3. The standard InChI is InChI=1S/C14H14N2O4/c1-7-4-5-8(2)10(6-7)16-9(3)11(13(17)18)12(15-16)14(19)20/h4-6H,1-3H3,(H,17,18)(H,19,20). The van der Waals surface area contributed by atoms with Gasteiger partial charge < -0.3 is 10.2 Å². The molecular formula is C14H14N2O4. The van der Waals surface area contributed by atoms with Crippen molar-refractivity contribution in [3.63, 3.8) is 0 Å². The van der Waals surface area contributed by atoms with Crippen molar-refractivity contribution < 1.29 is 19.8 Å². The average molecular weight is 274 g/mol. The van der Waals surface area contributed by atoms with Gasteiger partial charge in [0.05, 0.1) is 11.4 Å². The summed E-state index contributed by atoms with van der Waals surface area (Å²) in [5.74, 6) is -2.65. The van der Waals surface area contributed by atoms with Crippen LogP contribution in [0.15, 0.2) is 18.2 Å². The van der Waals surface area contributed by atoms with E-state index >= 15 is 0 Å². The number of hydrogen-bond acceptors (Lipinski definition) is 3. The van der Waals surface area contributed by atoms with Crippen LogP contribution in [0.4, 0.5) is 0 Å². The molecule has 1 heterocycles. The largest absolute Gasteiger partial charge is 0.478 e. The summed E-state index contributed by atoms with van der Waals surface area (Å²) in [6.45, 7) is 5.30. The van der Waals surface area contributed by atoms with E-state index in [9.17, 15) is 9.59 Å². The normalized spacial score (nSPS) is 10.6. The van der Waals surface area contributed by atoms with E-state index in [0.29, 0.717) is 11.4 Å². The molecule has 6 nitrogen and oxygen atoms in total. The van der Waals surface area contributed by atoms with Gasteiger partial charge in [0.25, 0.3) is 0 Å². The lowest BCUT2D eigenvalue weighted by Gasteiger charge is -2.09. The first-order chi connectivity index (χ1) is 9.32. The Balaban J connectivity index is 2.76. The van der Waals surface area contributed by atoms with Crippen LogP contribution >= 0.6 is 0 Å². The quantitative estimate of drug-likeness (QED) is 0.895. The smallest absolute Gasteiger partial charge is 0.357 e. The van der Waals surface area contributed by atoms with E-state index in [2.05, 4.69) is 5.10 Å². The lowest BCUT2D eigenvalue weighted by atomic mass is 10.1. The maximum Gasteiger partial charge on any atom is 0.357 e. The van der Waals surface area contributed by atoms with Crippen LogP contribution < -0.4 is 0 Å². The van der Waals surface area contributed by atoms with Crippen molar-refractivity contribution in [3.05, 3.63) is 46.3 Å². The summed E-state index contributed by atoms with van der Waals surface area (Å²) in [7, 11) is 0. The van der Waals surface area contributed by atoms with Crippen molar-refractivity contribution in [1.82, 2.24) is 9.78 Å². The Morgan fingerprint density at radius 2 is 1.75 bits per heavy atom. The summed E-state index contributed by atoms with van der Waals surface area (Å²) in [5.41, 5.74) is 2.11. The van der Waals surface area contributed by atoms with Crippen LogP contribution in [-0.2, 0) is 0 Å². The molecule has 0 bridgehead atoms. The van der Waals surface area contributed by atoms with Gasteiger partial charge in [-0.15, -0.1) is 0 Å². The Kier molecular flexibility index (Phi) is 3.31. The fraction of sp³-hybridized carbons (Fsp3) is 0.214. The third kappa shape index (κ3) is 2.16. The van der Waals surface area contributed by atoms with Crippen LogP contribution in [0.1, 0.15) is 37.7 Å². The minimum atomic E-state index is -1.35. The highest BCUT2D eigenvalue weighted by Crippen LogP contribution is 2.22. The number of aromatic nitrogens is 2. The summed E-state index contributed by atoms with van der Waals surface area (Å²) in [6, 6.07) is 5.65. The first-order valence-electron chi connectivity index (χ1n) is 5.96. The molecule has 0 amide bonds. The summed E-state index contributed by atoms with van der Waals surface area (Å²) < 4.78 is 1.37. The third-order valence-electron chi connectivity index (χ3n) is 3.13. The Labute approximate surface area is 115 Å². The molecule has 104 valence electrons. The van der Waals surface area contributed by atoms with E-state index in [0.717, 1.165) is 11.1 Å². The van der Waals surface area contributed by atoms with Crippen molar-refractivity contribution in [2.24, 2.45) is 0 Å². The number of benzene rings is 1. The summed E-state index contributed by atoms with van der Waals surface area (Å²) >= 11 is 0. The number of nitrogens with zero attached hydrogens (tertiary/aromatic N) is 2. The van der Waals surface area contributed by atoms with E-state index in [1.165, 1.54) is 4.68 Å². The molecule has 1 aromatic heterocycles. The highest BCUT2D eigenvalue weighted by molar-refractivity contribution is 6.01. The van der Waals surface area contributed by atoms with Gasteiger partial charge >= 0.3 is 11.9 Å². The molecule has 2 aromatic rings. The molecule has 0 unspecified atom stereocenters. The number of hydrogen-bond donors (Lipinski definition) is 2. The third-order valence-corrected chi connectivity index (χ3v) is 3.13. The molecule has 0 saturated heterocycles.